The molecule has 1 rings (SSSR count). The van der Waals surface area contributed by atoms with Gasteiger partial charge in [0.1, 0.15) is 15.8 Å². The lowest BCUT2D eigenvalue weighted by molar-refractivity contribution is -0.139. The molecule has 4 nitrogen and oxygen atoms in total. The summed E-state index contributed by atoms with van der Waals surface area (Å²) in [6.07, 6.45) is 0. The van der Waals surface area contributed by atoms with Crippen molar-refractivity contribution >= 4 is 40.9 Å². The molecule has 0 aliphatic carbocycles. The summed E-state index contributed by atoms with van der Waals surface area (Å²) in [5.41, 5.74) is 0.330. The third-order valence-electron chi connectivity index (χ3n) is 1.36. The van der Waals surface area contributed by atoms with Gasteiger partial charge in [0.15, 0.2) is 5.15 Å². The molecule has 0 amide bonds. The Morgan fingerprint density at radius 2 is 2.53 bits per heavy atom. The highest BCUT2D eigenvalue weighted by Crippen LogP contribution is 2.31. The van der Waals surface area contributed by atoms with E-state index in [1.54, 1.807) is 6.92 Å². The van der Waals surface area contributed by atoms with E-state index in [0.29, 0.717) is 16.4 Å². The molecule has 80 valence electrons. The molecule has 0 atom stereocenters. The molecule has 1 aromatic heterocycles. The highest BCUT2D eigenvalue weighted by atomic mass is 35.5. The van der Waals surface area contributed by atoms with Crippen molar-refractivity contribution in [2.75, 3.05) is 12.4 Å². The van der Waals surface area contributed by atoms with Gasteiger partial charge >= 0.3 is 5.97 Å². The number of rotatable bonds is 4. The number of ether oxygens (including phenoxy) is 1. The Balaban J connectivity index is 2.58. The largest absolute Gasteiger partial charge is 0.465 e. The zero-order chi connectivity index (χ0) is 11.3. The van der Waals surface area contributed by atoms with Crippen molar-refractivity contribution in [3.05, 3.63) is 10.7 Å². The van der Waals surface area contributed by atoms with Crippen LogP contribution in [0.2, 0.25) is 5.15 Å². The summed E-state index contributed by atoms with van der Waals surface area (Å²) in [6, 6.07) is 1.94. The van der Waals surface area contributed by atoms with Crippen LogP contribution in [-0.2, 0) is 9.53 Å². The minimum atomic E-state index is -0.309. The molecule has 0 N–H and O–H groups in total. The Morgan fingerprint density at radius 3 is 3.13 bits per heavy atom. The van der Waals surface area contributed by atoms with E-state index < -0.39 is 0 Å². The second-order valence-electron chi connectivity index (χ2n) is 2.34. The summed E-state index contributed by atoms with van der Waals surface area (Å²) in [4.78, 5) is 11.0. The molecule has 0 aromatic carbocycles. The maximum Gasteiger partial charge on any atom is 0.316 e. The summed E-state index contributed by atoms with van der Waals surface area (Å²) in [5.74, 6) is -0.142. The number of thioether (sulfide) groups is 1. The number of carbonyl (C=O) groups is 1. The van der Waals surface area contributed by atoms with Gasteiger partial charge in [-0.15, -0.1) is 11.8 Å². The van der Waals surface area contributed by atoms with E-state index in [9.17, 15) is 4.79 Å². The van der Waals surface area contributed by atoms with Gasteiger partial charge in [0.25, 0.3) is 0 Å². The molecule has 0 aliphatic heterocycles. The third-order valence-corrected chi connectivity index (χ3v) is 3.80. The monoisotopic (exact) mass is 262 g/mol. The van der Waals surface area contributed by atoms with Crippen molar-refractivity contribution in [2.24, 2.45) is 0 Å². The van der Waals surface area contributed by atoms with Crippen LogP contribution in [0.1, 0.15) is 12.5 Å². The molecule has 0 bridgehead atoms. The van der Waals surface area contributed by atoms with Crippen LogP contribution in [0.5, 0.6) is 0 Å². The molecule has 0 fully saturated rings. The van der Waals surface area contributed by atoms with Crippen LogP contribution >= 0.6 is 34.9 Å². The van der Waals surface area contributed by atoms with E-state index in [2.05, 4.69) is 4.37 Å². The van der Waals surface area contributed by atoms with Crippen molar-refractivity contribution < 1.29 is 9.53 Å². The number of esters is 1. The van der Waals surface area contributed by atoms with E-state index in [-0.39, 0.29) is 16.9 Å². The van der Waals surface area contributed by atoms with E-state index in [1.807, 2.05) is 6.07 Å². The van der Waals surface area contributed by atoms with Crippen LogP contribution in [0.25, 0.3) is 0 Å². The molecule has 0 unspecified atom stereocenters. The van der Waals surface area contributed by atoms with Gasteiger partial charge in [0.2, 0.25) is 0 Å². The number of nitriles is 1. The molecular weight excluding hydrogens is 256 g/mol. The first-order valence-electron chi connectivity index (χ1n) is 4.02. The second-order valence-corrected chi connectivity index (χ2v) is 4.72. The summed E-state index contributed by atoms with van der Waals surface area (Å²) < 4.78 is 9.22. The van der Waals surface area contributed by atoms with Crippen molar-refractivity contribution in [3.8, 4) is 6.07 Å². The van der Waals surface area contributed by atoms with Crippen LogP contribution in [0, 0.1) is 11.3 Å². The Kier molecular flexibility index (Phi) is 4.88. The third kappa shape index (κ3) is 3.38. The minimum absolute atomic E-state index is 0.168. The van der Waals surface area contributed by atoms with Gasteiger partial charge in [0.05, 0.1) is 12.4 Å². The lowest BCUT2D eigenvalue weighted by Gasteiger charge is -1.99. The Labute approximate surface area is 100 Å². The maximum atomic E-state index is 11.0. The summed E-state index contributed by atoms with van der Waals surface area (Å²) in [6.45, 7) is 2.10. The zero-order valence-corrected chi connectivity index (χ0v) is 10.2. The van der Waals surface area contributed by atoms with Crippen molar-refractivity contribution in [3.63, 3.8) is 0 Å². The normalized spacial score (nSPS) is 9.67. The lowest BCUT2D eigenvalue weighted by atomic mass is 10.4. The number of aromatic nitrogens is 1. The van der Waals surface area contributed by atoms with Crippen molar-refractivity contribution in [1.82, 2.24) is 4.37 Å². The molecule has 0 spiro atoms. The zero-order valence-electron chi connectivity index (χ0n) is 7.82. The molecule has 0 saturated heterocycles. The fraction of sp³-hybridized carbons (Fsp3) is 0.375. The number of nitrogens with zero attached hydrogens (tertiary/aromatic N) is 2. The summed E-state index contributed by atoms with van der Waals surface area (Å²) in [7, 11) is 0. The van der Waals surface area contributed by atoms with E-state index in [1.165, 1.54) is 11.8 Å². The maximum absolute atomic E-state index is 11.0. The van der Waals surface area contributed by atoms with Gasteiger partial charge < -0.3 is 4.74 Å². The first-order valence-corrected chi connectivity index (χ1v) is 6.16. The van der Waals surface area contributed by atoms with Gasteiger partial charge in [0, 0.05) is 0 Å². The average Bonchev–Trinajstić information content (AvgIpc) is 2.56. The minimum Gasteiger partial charge on any atom is -0.465 e. The number of hydrogen-bond acceptors (Lipinski definition) is 6. The van der Waals surface area contributed by atoms with Crippen molar-refractivity contribution in [2.45, 2.75) is 11.1 Å². The molecule has 0 saturated carbocycles. The Bertz CT molecular complexity index is 400. The van der Waals surface area contributed by atoms with Crippen LogP contribution in [0.3, 0.4) is 0 Å². The van der Waals surface area contributed by atoms with Gasteiger partial charge in [-0.3, -0.25) is 4.79 Å². The first-order chi connectivity index (χ1) is 7.19. The number of halogens is 1. The topological polar surface area (TPSA) is 63.0 Å². The molecule has 0 aliphatic rings. The van der Waals surface area contributed by atoms with Crippen LogP contribution < -0.4 is 0 Å². The molecule has 15 heavy (non-hydrogen) atoms. The second kappa shape index (κ2) is 5.95. The van der Waals surface area contributed by atoms with Gasteiger partial charge in [-0.25, -0.2) is 0 Å². The number of carbonyl (C=O) groups excluding carboxylic acids is 1. The Hall–Kier alpha value is -0.770. The predicted octanol–water partition coefficient (Wildman–Crippen LogP) is 2.32. The smallest absolute Gasteiger partial charge is 0.316 e. The Morgan fingerprint density at radius 1 is 1.80 bits per heavy atom. The summed E-state index contributed by atoms with van der Waals surface area (Å²) >= 11 is 8.00. The fourth-order valence-electron chi connectivity index (χ4n) is 0.774. The van der Waals surface area contributed by atoms with Crippen molar-refractivity contribution in [1.29, 1.82) is 5.26 Å². The highest BCUT2D eigenvalue weighted by Gasteiger charge is 2.13. The van der Waals surface area contributed by atoms with Gasteiger partial charge in [-0.05, 0) is 18.5 Å². The highest BCUT2D eigenvalue weighted by molar-refractivity contribution is 8.01. The fourth-order valence-corrected chi connectivity index (χ4v) is 2.73. The standard InChI is InChI=1S/C8H7ClN2O2S2/c1-2-13-6(12)4-14-8-5(3-10)7(9)11-15-8/h2,4H2,1H3. The van der Waals surface area contributed by atoms with Crippen LogP contribution in [0.15, 0.2) is 4.21 Å². The SMILES string of the molecule is CCOC(=O)CSc1snc(Cl)c1C#N. The van der Waals surface area contributed by atoms with E-state index >= 15 is 0 Å². The molecule has 7 heteroatoms. The quantitative estimate of drug-likeness (QED) is 0.616. The summed E-state index contributed by atoms with van der Waals surface area (Å²) in [5, 5.41) is 8.95. The number of hydrogen-bond donors (Lipinski definition) is 0. The lowest BCUT2D eigenvalue weighted by Crippen LogP contribution is -2.06. The van der Waals surface area contributed by atoms with Crippen LogP contribution in [-0.4, -0.2) is 22.7 Å². The van der Waals surface area contributed by atoms with E-state index in [4.69, 9.17) is 21.6 Å². The molecular formula is C8H7ClN2O2S2. The first kappa shape index (κ1) is 12.3. The van der Waals surface area contributed by atoms with Gasteiger partial charge in [-0.1, -0.05) is 11.6 Å². The molecule has 1 heterocycles. The van der Waals surface area contributed by atoms with Gasteiger partial charge in [-0.2, -0.15) is 9.64 Å². The van der Waals surface area contributed by atoms with E-state index in [0.717, 1.165) is 11.5 Å². The predicted molar refractivity (Wildman–Crippen MR) is 59.2 cm³/mol. The molecule has 1 aromatic rings. The van der Waals surface area contributed by atoms with Crippen LogP contribution in [0.4, 0.5) is 0 Å². The average molecular weight is 263 g/mol. The molecule has 0 radical (unpaired) electrons.